The summed E-state index contributed by atoms with van der Waals surface area (Å²) in [5, 5.41) is 8.20. The third-order valence-electron chi connectivity index (χ3n) is 0.547. The van der Waals surface area contributed by atoms with E-state index in [-0.39, 0.29) is 32.5 Å². The molecule has 0 atom stereocenters. The van der Waals surface area contributed by atoms with E-state index in [9.17, 15) is 0 Å². The van der Waals surface area contributed by atoms with Gasteiger partial charge in [-0.05, 0) is 14.1 Å². The van der Waals surface area contributed by atoms with Crippen LogP contribution >= 0.6 is 0 Å². The van der Waals surface area contributed by atoms with E-state index in [2.05, 4.69) is 0 Å². The normalized spacial score (nSPS) is 8.57. The van der Waals surface area contributed by atoms with Gasteiger partial charge in [0.05, 0.1) is 6.61 Å². The summed E-state index contributed by atoms with van der Waals surface area (Å²) in [6.45, 7) is 1.02. The Balaban J connectivity index is 0. The fraction of sp³-hybridized carbons (Fsp3) is 1.00. The zero-order chi connectivity index (χ0) is 4.99. The van der Waals surface area contributed by atoms with Crippen LogP contribution in [0.3, 0.4) is 0 Å². The van der Waals surface area contributed by atoms with Crippen LogP contribution in [-0.4, -0.2) is 37.3 Å². The quantitative estimate of drug-likeness (QED) is 0.685. The standard InChI is InChI=1S/C4H11NO.Hf/c1-5(2)3-4-6;/h6H,3-4H2,1-2H3;. The molecule has 0 radical (unpaired) electrons. The first-order valence-electron chi connectivity index (χ1n) is 2.03. The number of aliphatic hydroxyl groups is 1. The monoisotopic (exact) mass is 269 g/mol. The predicted octanol–water partition coefficient (Wildman–Crippen LogP) is -0.462. The second-order valence-electron chi connectivity index (χ2n) is 1.53. The van der Waals surface area contributed by atoms with Gasteiger partial charge >= 0.3 is 0 Å². The summed E-state index contributed by atoms with van der Waals surface area (Å²) in [6, 6.07) is 0. The Bertz CT molecular complexity index is 32.9. The van der Waals surface area contributed by atoms with Crippen LogP contribution in [0.4, 0.5) is 0 Å². The Morgan fingerprint density at radius 3 is 1.86 bits per heavy atom. The van der Waals surface area contributed by atoms with Crippen LogP contribution < -0.4 is 0 Å². The van der Waals surface area contributed by atoms with Crippen LogP contribution in [0.25, 0.3) is 0 Å². The van der Waals surface area contributed by atoms with Gasteiger partial charge in [-0.3, -0.25) is 0 Å². The maximum absolute atomic E-state index is 8.20. The SMILES string of the molecule is CN(C)CCO.[Hf]. The zero-order valence-electron chi connectivity index (χ0n) is 4.81. The van der Waals surface area contributed by atoms with Gasteiger partial charge in [-0.25, -0.2) is 0 Å². The molecule has 3 heteroatoms. The summed E-state index contributed by atoms with van der Waals surface area (Å²) in [5.74, 6) is 0. The average Bonchev–Trinajstić information content (AvgIpc) is 1.35. The molecule has 0 fully saturated rings. The van der Waals surface area contributed by atoms with E-state index in [0.29, 0.717) is 0 Å². The van der Waals surface area contributed by atoms with Gasteiger partial charge in [0.2, 0.25) is 0 Å². The van der Waals surface area contributed by atoms with E-state index in [0.717, 1.165) is 6.54 Å². The summed E-state index contributed by atoms with van der Waals surface area (Å²) >= 11 is 0. The maximum atomic E-state index is 8.20. The summed E-state index contributed by atoms with van der Waals surface area (Å²) in [4.78, 5) is 1.93. The second kappa shape index (κ2) is 6.79. The molecule has 2 nitrogen and oxygen atoms in total. The van der Waals surface area contributed by atoms with Gasteiger partial charge in [0.15, 0.2) is 0 Å². The number of hydrogen-bond acceptors (Lipinski definition) is 2. The van der Waals surface area contributed by atoms with Crippen molar-refractivity contribution in [1.82, 2.24) is 4.90 Å². The molecule has 7 heavy (non-hydrogen) atoms. The van der Waals surface area contributed by atoms with E-state index < -0.39 is 0 Å². The Morgan fingerprint density at radius 1 is 1.43 bits per heavy atom. The van der Waals surface area contributed by atoms with Crippen molar-refractivity contribution in [2.24, 2.45) is 0 Å². The van der Waals surface area contributed by atoms with Crippen molar-refractivity contribution >= 4 is 0 Å². The Morgan fingerprint density at radius 2 is 1.86 bits per heavy atom. The molecule has 1 N–H and O–H groups in total. The molecule has 0 aromatic heterocycles. The summed E-state index contributed by atoms with van der Waals surface area (Å²) in [5.41, 5.74) is 0. The molecule has 0 amide bonds. The van der Waals surface area contributed by atoms with Crippen molar-refractivity contribution in [2.45, 2.75) is 0 Å². The van der Waals surface area contributed by atoms with Gasteiger partial charge in [-0.15, -0.1) is 0 Å². The molecule has 42 valence electrons. The van der Waals surface area contributed by atoms with Crippen molar-refractivity contribution in [2.75, 3.05) is 27.2 Å². The molecule has 0 unspecified atom stereocenters. The first-order valence-corrected chi connectivity index (χ1v) is 2.03. The number of hydrogen-bond donors (Lipinski definition) is 1. The minimum Gasteiger partial charge on any atom is -0.395 e. The Hall–Kier alpha value is 0.790. The van der Waals surface area contributed by atoms with Gasteiger partial charge in [0, 0.05) is 32.4 Å². The molecule has 0 saturated carbocycles. The van der Waals surface area contributed by atoms with Gasteiger partial charge in [0.25, 0.3) is 0 Å². The van der Waals surface area contributed by atoms with Crippen molar-refractivity contribution < 1.29 is 30.9 Å². The van der Waals surface area contributed by atoms with Gasteiger partial charge in [0.1, 0.15) is 0 Å². The third kappa shape index (κ3) is 10.8. The van der Waals surface area contributed by atoms with Gasteiger partial charge in [-0.1, -0.05) is 0 Å². The minimum atomic E-state index is 0. The number of nitrogens with zero attached hydrogens (tertiary/aromatic N) is 1. The van der Waals surface area contributed by atoms with Crippen molar-refractivity contribution in [1.29, 1.82) is 0 Å². The molecule has 0 aliphatic heterocycles. The number of rotatable bonds is 2. The zero-order valence-corrected chi connectivity index (χ0v) is 8.40. The van der Waals surface area contributed by atoms with E-state index in [1.807, 2.05) is 19.0 Å². The molecule has 0 aromatic carbocycles. The Kier molecular flexibility index (Phi) is 10.4. The molecule has 0 aliphatic rings. The van der Waals surface area contributed by atoms with Crippen molar-refractivity contribution in [3.05, 3.63) is 0 Å². The fourth-order valence-electron chi connectivity index (χ4n) is 0.200. The van der Waals surface area contributed by atoms with Crippen LogP contribution in [0.5, 0.6) is 0 Å². The molecular formula is C4H11HfNO. The average molecular weight is 268 g/mol. The number of aliphatic hydroxyl groups excluding tert-OH is 1. The molecule has 0 aliphatic carbocycles. The Labute approximate surface area is 63.3 Å². The minimum absolute atomic E-state index is 0. The molecule has 0 rings (SSSR count). The maximum Gasteiger partial charge on any atom is 0.0558 e. The number of likely N-dealkylation sites (N-methyl/N-ethyl adjacent to an activating group) is 1. The smallest absolute Gasteiger partial charge is 0.0558 e. The summed E-state index contributed by atoms with van der Waals surface area (Å²) < 4.78 is 0. The van der Waals surface area contributed by atoms with Crippen LogP contribution in [0.15, 0.2) is 0 Å². The van der Waals surface area contributed by atoms with Crippen LogP contribution in [0.2, 0.25) is 0 Å². The van der Waals surface area contributed by atoms with E-state index in [4.69, 9.17) is 5.11 Å². The molecule has 0 saturated heterocycles. The van der Waals surface area contributed by atoms with Crippen molar-refractivity contribution in [3.8, 4) is 0 Å². The van der Waals surface area contributed by atoms with Crippen LogP contribution in [0, 0.1) is 0 Å². The molecule has 0 heterocycles. The molecule has 0 aromatic rings. The van der Waals surface area contributed by atoms with Gasteiger partial charge < -0.3 is 10.0 Å². The first-order chi connectivity index (χ1) is 2.77. The summed E-state index contributed by atoms with van der Waals surface area (Å²) in [7, 11) is 3.85. The van der Waals surface area contributed by atoms with E-state index in [1.165, 1.54) is 0 Å². The molecular weight excluding hydrogens is 257 g/mol. The first kappa shape index (κ1) is 10.7. The predicted molar refractivity (Wildman–Crippen MR) is 25.6 cm³/mol. The topological polar surface area (TPSA) is 23.5 Å². The fourth-order valence-corrected chi connectivity index (χ4v) is 0.200. The molecule has 0 spiro atoms. The van der Waals surface area contributed by atoms with Crippen LogP contribution in [-0.2, 0) is 25.8 Å². The second-order valence-corrected chi connectivity index (χ2v) is 1.53. The van der Waals surface area contributed by atoms with Crippen molar-refractivity contribution in [3.63, 3.8) is 0 Å². The third-order valence-corrected chi connectivity index (χ3v) is 0.547. The van der Waals surface area contributed by atoms with Crippen LogP contribution in [0.1, 0.15) is 0 Å². The van der Waals surface area contributed by atoms with E-state index in [1.54, 1.807) is 0 Å². The molecule has 0 bridgehead atoms. The van der Waals surface area contributed by atoms with Gasteiger partial charge in [-0.2, -0.15) is 0 Å². The summed E-state index contributed by atoms with van der Waals surface area (Å²) in [6.07, 6.45) is 0. The van der Waals surface area contributed by atoms with E-state index >= 15 is 0 Å². The largest absolute Gasteiger partial charge is 0.395 e.